The van der Waals surface area contributed by atoms with Crippen molar-refractivity contribution in [1.29, 1.82) is 0 Å². The van der Waals surface area contributed by atoms with Crippen LogP contribution in [0.25, 0.3) is 0 Å². The summed E-state index contributed by atoms with van der Waals surface area (Å²) >= 11 is 0. The number of unbranched alkanes of at least 4 members (excludes halogenated alkanes) is 1. The van der Waals surface area contributed by atoms with Crippen LogP contribution in [0.15, 0.2) is 30.3 Å². The molecule has 3 heteroatoms. The van der Waals surface area contributed by atoms with Gasteiger partial charge in [-0.25, -0.2) is 0 Å². The van der Waals surface area contributed by atoms with Crippen molar-refractivity contribution in [1.82, 2.24) is 10.2 Å². The van der Waals surface area contributed by atoms with Crippen LogP contribution in [0.3, 0.4) is 0 Å². The minimum absolute atomic E-state index is 0.0190. The summed E-state index contributed by atoms with van der Waals surface area (Å²) in [6.45, 7) is 6.52. The Morgan fingerprint density at radius 1 is 1.19 bits per heavy atom. The van der Waals surface area contributed by atoms with E-state index >= 15 is 0 Å². The lowest BCUT2D eigenvalue weighted by Gasteiger charge is -2.30. The molecule has 21 heavy (non-hydrogen) atoms. The van der Waals surface area contributed by atoms with E-state index < -0.39 is 0 Å². The van der Waals surface area contributed by atoms with E-state index in [9.17, 15) is 4.79 Å². The highest BCUT2D eigenvalue weighted by Crippen LogP contribution is 2.30. The number of hydrogen-bond acceptors (Lipinski definition) is 2. The van der Waals surface area contributed by atoms with Crippen molar-refractivity contribution in [2.24, 2.45) is 0 Å². The quantitative estimate of drug-likeness (QED) is 0.826. The highest BCUT2D eigenvalue weighted by atomic mass is 16.2. The predicted octanol–water partition coefficient (Wildman–Crippen LogP) is 3.86. The zero-order chi connectivity index (χ0) is 15.2. The standard InChI is InChI=1S/C18H28N2O/c1-4-6-13-16-18(21)20(14(3)10-5-2)17(19-16)15-11-8-7-9-12-15/h7-9,11-12,14,16-17,19H,4-6,10,13H2,1-3H3. The second-order valence-electron chi connectivity index (χ2n) is 6.06. The van der Waals surface area contributed by atoms with Gasteiger partial charge in [0.05, 0.1) is 6.04 Å². The summed E-state index contributed by atoms with van der Waals surface area (Å²) < 4.78 is 0. The third-order valence-corrected chi connectivity index (χ3v) is 4.33. The molecule has 3 atom stereocenters. The number of nitrogens with one attached hydrogen (secondary N) is 1. The summed E-state index contributed by atoms with van der Waals surface area (Å²) in [5.41, 5.74) is 1.19. The van der Waals surface area contributed by atoms with E-state index in [1.807, 2.05) is 18.2 Å². The number of benzene rings is 1. The Kier molecular flexibility index (Phi) is 5.80. The maximum absolute atomic E-state index is 12.8. The molecule has 0 spiro atoms. The average molecular weight is 288 g/mol. The maximum atomic E-state index is 12.8. The molecule has 1 fully saturated rings. The molecule has 1 heterocycles. The fourth-order valence-electron chi connectivity index (χ4n) is 3.19. The first kappa shape index (κ1) is 16.0. The van der Waals surface area contributed by atoms with Gasteiger partial charge in [0.2, 0.25) is 5.91 Å². The van der Waals surface area contributed by atoms with Gasteiger partial charge in [-0.1, -0.05) is 63.4 Å². The van der Waals surface area contributed by atoms with Crippen LogP contribution in [0.2, 0.25) is 0 Å². The minimum Gasteiger partial charge on any atom is -0.319 e. The Morgan fingerprint density at radius 3 is 2.52 bits per heavy atom. The topological polar surface area (TPSA) is 32.3 Å². The van der Waals surface area contributed by atoms with Crippen LogP contribution in [0.1, 0.15) is 64.6 Å². The maximum Gasteiger partial charge on any atom is 0.241 e. The molecule has 1 aromatic rings. The average Bonchev–Trinajstić information content (AvgIpc) is 2.83. The zero-order valence-corrected chi connectivity index (χ0v) is 13.5. The molecule has 3 nitrogen and oxygen atoms in total. The Labute approximate surface area is 128 Å². The van der Waals surface area contributed by atoms with Gasteiger partial charge in [0.1, 0.15) is 6.17 Å². The van der Waals surface area contributed by atoms with E-state index in [2.05, 4.69) is 43.1 Å². The van der Waals surface area contributed by atoms with Crippen LogP contribution in [0, 0.1) is 0 Å². The van der Waals surface area contributed by atoms with E-state index in [0.717, 1.165) is 32.1 Å². The lowest BCUT2D eigenvalue weighted by atomic mass is 10.1. The molecule has 0 aromatic heterocycles. The molecule has 1 amide bonds. The van der Waals surface area contributed by atoms with Crippen molar-refractivity contribution in [2.75, 3.05) is 0 Å². The molecule has 116 valence electrons. The fraction of sp³-hybridized carbons (Fsp3) is 0.611. The molecule has 0 radical (unpaired) electrons. The second kappa shape index (κ2) is 7.60. The number of carbonyl (C=O) groups excluding carboxylic acids is 1. The van der Waals surface area contributed by atoms with Gasteiger partial charge in [0.15, 0.2) is 0 Å². The highest BCUT2D eigenvalue weighted by Gasteiger charge is 2.41. The Bertz CT molecular complexity index is 446. The lowest BCUT2D eigenvalue weighted by Crippen LogP contribution is -2.38. The smallest absolute Gasteiger partial charge is 0.241 e. The van der Waals surface area contributed by atoms with Crippen molar-refractivity contribution < 1.29 is 4.79 Å². The van der Waals surface area contributed by atoms with E-state index in [4.69, 9.17) is 0 Å². The van der Waals surface area contributed by atoms with Crippen LogP contribution in [-0.2, 0) is 4.79 Å². The van der Waals surface area contributed by atoms with E-state index in [-0.39, 0.29) is 24.2 Å². The van der Waals surface area contributed by atoms with Crippen molar-refractivity contribution in [3.63, 3.8) is 0 Å². The molecular formula is C18H28N2O. The van der Waals surface area contributed by atoms with Crippen molar-refractivity contribution >= 4 is 5.91 Å². The van der Waals surface area contributed by atoms with Crippen LogP contribution in [0.5, 0.6) is 0 Å². The Hall–Kier alpha value is -1.35. The summed E-state index contributed by atoms with van der Waals surface area (Å²) in [6.07, 6.45) is 5.35. The molecule has 1 saturated heterocycles. The van der Waals surface area contributed by atoms with Gasteiger partial charge in [0, 0.05) is 6.04 Å². The Morgan fingerprint density at radius 2 is 1.90 bits per heavy atom. The zero-order valence-electron chi connectivity index (χ0n) is 13.5. The molecule has 1 aliphatic rings. The van der Waals surface area contributed by atoms with E-state index in [0.29, 0.717) is 0 Å². The summed E-state index contributed by atoms with van der Waals surface area (Å²) in [5, 5.41) is 3.56. The van der Waals surface area contributed by atoms with Crippen LogP contribution in [0.4, 0.5) is 0 Å². The van der Waals surface area contributed by atoms with Crippen molar-refractivity contribution in [2.45, 2.75) is 71.1 Å². The third-order valence-electron chi connectivity index (χ3n) is 4.33. The summed E-state index contributed by atoms with van der Waals surface area (Å²) in [6, 6.07) is 10.6. The van der Waals surface area contributed by atoms with Gasteiger partial charge in [-0.15, -0.1) is 0 Å². The minimum atomic E-state index is -0.0190. The van der Waals surface area contributed by atoms with Crippen molar-refractivity contribution in [3.05, 3.63) is 35.9 Å². The fourth-order valence-corrected chi connectivity index (χ4v) is 3.19. The molecule has 2 rings (SSSR count). The second-order valence-corrected chi connectivity index (χ2v) is 6.06. The highest BCUT2D eigenvalue weighted by molar-refractivity contribution is 5.84. The number of carbonyl (C=O) groups is 1. The number of rotatable bonds is 7. The van der Waals surface area contributed by atoms with Gasteiger partial charge in [-0.05, 0) is 25.3 Å². The Balaban J connectivity index is 2.21. The lowest BCUT2D eigenvalue weighted by molar-refractivity contribution is -0.132. The van der Waals surface area contributed by atoms with Gasteiger partial charge in [-0.3, -0.25) is 10.1 Å². The van der Waals surface area contributed by atoms with Crippen LogP contribution < -0.4 is 5.32 Å². The first-order valence-corrected chi connectivity index (χ1v) is 8.32. The van der Waals surface area contributed by atoms with Gasteiger partial charge >= 0.3 is 0 Å². The summed E-state index contributed by atoms with van der Waals surface area (Å²) in [7, 11) is 0. The first-order chi connectivity index (χ1) is 10.2. The van der Waals surface area contributed by atoms with E-state index in [1.54, 1.807) is 0 Å². The molecule has 1 aromatic carbocycles. The molecule has 0 bridgehead atoms. The summed E-state index contributed by atoms with van der Waals surface area (Å²) in [5.74, 6) is 0.276. The molecule has 1 aliphatic heterocycles. The first-order valence-electron chi connectivity index (χ1n) is 8.32. The normalized spacial score (nSPS) is 23.6. The van der Waals surface area contributed by atoms with Gasteiger partial charge in [-0.2, -0.15) is 0 Å². The monoisotopic (exact) mass is 288 g/mol. The third kappa shape index (κ3) is 3.65. The molecule has 1 N–H and O–H groups in total. The number of hydrogen-bond donors (Lipinski definition) is 1. The molecule has 0 saturated carbocycles. The van der Waals surface area contributed by atoms with Crippen molar-refractivity contribution in [3.8, 4) is 0 Å². The largest absolute Gasteiger partial charge is 0.319 e. The number of amides is 1. The molecule has 0 aliphatic carbocycles. The van der Waals surface area contributed by atoms with Gasteiger partial charge in [0.25, 0.3) is 0 Å². The SMILES string of the molecule is CCCCC1NC(c2ccccc2)N(C(C)CCC)C1=O. The van der Waals surface area contributed by atoms with E-state index in [1.165, 1.54) is 5.56 Å². The number of nitrogens with zero attached hydrogens (tertiary/aromatic N) is 1. The van der Waals surface area contributed by atoms with Crippen LogP contribution >= 0.6 is 0 Å². The molecule has 3 unspecified atom stereocenters. The summed E-state index contributed by atoms with van der Waals surface area (Å²) in [4.78, 5) is 14.8. The predicted molar refractivity (Wildman–Crippen MR) is 86.8 cm³/mol. The van der Waals surface area contributed by atoms with Crippen LogP contribution in [-0.4, -0.2) is 22.9 Å². The molecular weight excluding hydrogens is 260 g/mol. The van der Waals surface area contributed by atoms with Gasteiger partial charge < -0.3 is 4.90 Å².